The normalized spacial score (nSPS) is 26.0. The third-order valence-electron chi connectivity index (χ3n) is 4.34. The van der Waals surface area contributed by atoms with Crippen molar-refractivity contribution in [3.05, 3.63) is 12.5 Å². The molecule has 3 heterocycles. The Bertz CT molecular complexity index is 562. The second kappa shape index (κ2) is 5.74. The zero-order valence-corrected chi connectivity index (χ0v) is 12.2. The van der Waals surface area contributed by atoms with Gasteiger partial charge in [-0.2, -0.15) is 5.26 Å². The van der Waals surface area contributed by atoms with Crippen LogP contribution in [0, 0.1) is 17.4 Å². The fourth-order valence-electron chi connectivity index (χ4n) is 3.05. The van der Waals surface area contributed by atoms with E-state index in [1.807, 2.05) is 6.20 Å². The Morgan fingerprint density at radius 1 is 1.43 bits per heavy atom. The molecule has 7 nitrogen and oxygen atoms in total. The molecule has 112 valence electrons. The number of anilines is 1. The highest BCUT2D eigenvalue weighted by Gasteiger charge is 2.28. The summed E-state index contributed by atoms with van der Waals surface area (Å²) in [6.07, 6.45) is 7.62. The minimum Gasteiger partial charge on any atom is -0.331 e. The van der Waals surface area contributed by atoms with Crippen LogP contribution in [-0.4, -0.2) is 58.5 Å². The molecule has 7 heteroatoms. The van der Waals surface area contributed by atoms with Gasteiger partial charge in [-0.3, -0.25) is 4.79 Å². The van der Waals surface area contributed by atoms with Crippen LogP contribution in [0.2, 0.25) is 0 Å². The number of nitrogens with zero attached hydrogens (tertiary/aromatic N) is 5. The first-order valence-electron chi connectivity index (χ1n) is 7.33. The Morgan fingerprint density at radius 2 is 2.29 bits per heavy atom. The SMILES string of the molecule is CN1CCC(n2cnc(NC(=O)[C@H]3CCN(C#N)C3)c2)C1. The van der Waals surface area contributed by atoms with Crippen LogP contribution in [0.1, 0.15) is 18.9 Å². The number of carbonyl (C=O) groups is 1. The lowest BCUT2D eigenvalue weighted by atomic mass is 10.1. The van der Waals surface area contributed by atoms with E-state index in [1.165, 1.54) is 0 Å². The van der Waals surface area contributed by atoms with Gasteiger partial charge in [0, 0.05) is 31.9 Å². The van der Waals surface area contributed by atoms with Crippen LogP contribution < -0.4 is 5.32 Å². The number of aromatic nitrogens is 2. The maximum Gasteiger partial charge on any atom is 0.230 e. The summed E-state index contributed by atoms with van der Waals surface area (Å²) in [7, 11) is 2.11. The molecule has 2 aliphatic rings. The van der Waals surface area contributed by atoms with Gasteiger partial charge in [0.2, 0.25) is 5.91 Å². The Hall–Kier alpha value is -2.07. The fraction of sp³-hybridized carbons (Fsp3) is 0.643. The summed E-state index contributed by atoms with van der Waals surface area (Å²) in [5.41, 5.74) is 0. The molecule has 1 aromatic rings. The van der Waals surface area contributed by atoms with Gasteiger partial charge in [-0.05, 0) is 26.4 Å². The van der Waals surface area contributed by atoms with E-state index >= 15 is 0 Å². The van der Waals surface area contributed by atoms with Gasteiger partial charge in [0.1, 0.15) is 0 Å². The third kappa shape index (κ3) is 3.00. The number of rotatable bonds is 3. The molecule has 0 radical (unpaired) electrons. The maximum absolute atomic E-state index is 12.2. The number of nitriles is 1. The smallest absolute Gasteiger partial charge is 0.230 e. The predicted octanol–water partition coefficient (Wildman–Crippen LogP) is 0.501. The number of hydrogen-bond donors (Lipinski definition) is 1. The molecule has 1 amide bonds. The first-order chi connectivity index (χ1) is 10.2. The van der Waals surface area contributed by atoms with Crippen LogP contribution in [0.3, 0.4) is 0 Å². The van der Waals surface area contributed by atoms with E-state index in [0.29, 0.717) is 24.9 Å². The summed E-state index contributed by atoms with van der Waals surface area (Å²) in [5.74, 6) is 0.443. The van der Waals surface area contributed by atoms with E-state index < -0.39 is 0 Å². The fourth-order valence-corrected chi connectivity index (χ4v) is 3.05. The van der Waals surface area contributed by atoms with Crippen molar-refractivity contribution in [1.82, 2.24) is 19.4 Å². The Kier molecular flexibility index (Phi) is 3.80. The minimum absolute atomic E-state index is 0.0402. The highest BCUT2D eigenvalue weighted by atomic mass is 16.2. The maximum atomic E-state index is 12.2. The van der Waals surface area contributed by atoms with Crippen molar-refractivity contribution < 1.29 is 4.79 Å². The molecule has 0 aliphatic carbocycles. The van der Waals surface area contributed by atoms with Crippen LogP contribution in [0.25, 0.3) is 0 Å². The summed E-state index contributed by atoms with van der Waals surface area (Å²) in [5, 5.41) is 11.7. The standard InChI is InChI=1S/C14H20N6O/c1-18-4-3-12(7-18)20-8-13(16-10-20)17-14(21)11-2-5-19(6-11)9-15/h8,10-12H,2-7H2,1H3,(H,17,21)/t11-,12?/m0/s1. The highest BCUT2D eigenvalue weighted by Crippen LogP contribution is 2.22. The molecule has 2 aliphatic heterocycles. The zero-order chi connectivity index (χ0) is 14.8. The molecule has 2 fully saturated rings. The van der Waals surface area contributed by atoms with Crippen LogP contribution >= 0.6 is 0 Å². The van der Waals surface area contributed by atoms with E-state index in [1.54, 1.807) is 11.2 Å². The van der Waals surface area contributed by atoms with E-state index in [2.05, 4.69) is 33.0 Å². The molecule has 21 heavy (non-hydrogen) atoms. The van der Waals surface area contributed by atoms with Crippen LogP contribution in [0.15, 0.2) is 12.5 Å². The molecule has 2 atom stereocenters. The molecule has 0 aromatic carbocycles. The Labute approximate surface area is 124 Å². The zero-order valence-electron chi connectivity index (χ0n) is 12.2. The topological polar surface area (TPSA) is 77.2 Å². The summed E-state index contributed by atoms with van der Waals surface area (Å²) in [4.78, 5) is 20.3. The van der Waals surface area contributed by atoms with Crippen molar-refractivity contribution in [1.29, 1.82) is 5.26 Å². The van der Waals surface area contributed by atoms with Crippen molar-refractivity contribution >= 4 is 11.7 Å². The van der Waals surface area contributed by atoms with Crippen LogP contribution in [0.5, 0.6) is 0 Å². The molecule has 0 bridgehead atoms. The van der Waals surface area contributed by atoms with Gasteiger partial charge in [0.25, 0.3) is 0 Å². The van der Waals surface area contributed by atoms with Gasteiger partial charge >= 0.3 is 0 Å². The second-order valence-electron chi connectivity index (χ2n) is 5.93. The van der Waals surface area contributed by atoms with Crippen molar-refractivity contribution in [2.24, 2.45) is 5.92 Å². The van der Waals surface area contributed by atoms with Gasteiger partial charge in [-0.1, -0.05) is 0 Å². The summed E-state index contributed by atoms with van der Waals surface area (Å²) >= 11 is 0. The number of hydrogen-bond acceptors (Lipinski definition) is 5. The lowest BCUT2D eigenvalue weighted by Gasteiger charge is -2.11. The summed E-state index contributed by atoms with van der Waals surface area (Å²) < 4.78 is 2.08. The lowest BCUT2D eigenvalue weighted by molar-refractivity contribution is -0.119. The van der Waals surface area contributed by atoms with Gasteiger partial charge in [-0.25, -0.2) is 4.98 Å². The molecule has 1 unspecified atom stereocenters. The largest absolute Gasteiger partial charge is 0.331 e. The lowest BCUT2D eigenvalue weighted by Crippen LogP contribution is -2.25. The van der Waals surface area contributed by atoms with Crippen LogP contribution in [0.4, 0.5) is 5.82 Å². The second-order valence-corrected chi connectivity index (χ2v) is 5.93. The first-order valence-corrected chi connectivity index (χ1v) is 7.33. The molecular formula is C14H20N6O. The van der Waals surface area contributed by atoms with E-state index in [0.717, 1.165) is 25.9 Å². The summed E-state index contributed by atoms with van der Waals surface area (Å²) in [6, 6.07) is 0.439. The van der Waals surface area contributed by atoms with Gasteiger partial charge in [0.15, 0.2) is 12.0 Å². The average molecular weight is 288 g/mol. The Morgan fingerprint density at radius 3 is 2.95 bits per heavy atom. The quantitative estimate of drug-likeness (QED) is 0.820. The molecular weight excluding hydrogens is 268 g/mol. The summed E-state index contributed by atoms with van der Waals surface area (Å²) in [6.45, 7) is 3.29. The number of likely N-dealkylation sites (tertiary alicyclic amines) is 2. The van der Waals surface area contributed by atoms with Gasteiger partial charge in [-0.15, -0.1) is 0 Å². The minimum atomic E-state index is -0.118. The van der Waals surface area contributed by atoms with Crippen molar-refractivity contribution in [2.75, 3.05) is 38.5 Å². The predicted molar refractivity (Wildman–Crippen MR) is 77.3 cm³/mol. The third-order valence-corrected chi connectivity index (χ3v) is 4.34. The van der Waals surface area contributed by atoms with Gasteiger partial charge < -0.3 is 19.7 Å². The number of nitrogens with one attached hydrogen (secondary N) is 1. The molecule has 2 saturated heterocycles. The van der Waals surface area contributed by atoms with E-state index in [9.17, 15) is 4.79 Å². The van der Waals surface area contributed by atoms with Crippen molar-refractivity contribution in [2.45, 2.75) is 18.9 Å². The van der Waals surface area contributed by atoms with Crippen LogP contribution in [-0.2, 0) is 4.79 Å². The monoisotopic (exact) mass is 288 g/mol. The first kappa shape index (κ1) is 13.9. The van der Waals surface area contributed by atoms with E-state index in [4.69, 9.17) is 5.26 Å². The number of amides is 1. The number of likely N-dealkylation sites (N-methyl/N-ethyl adjacent to an activating group) is 1. The molecule has 1 N–H and O–H groups in total. The molecule has 3 rings (SSSR count). The average Bonchev–Trinajstić information content (AvgIpc) is 3.17. The van der Waals surface area contributed by atoms with Crippen molar-refractivity contribution in [3.63, 3.8) is 0 Å². The van der Waals surface area contributed by atoms with Gasteiger partial charge in [0.05, 0.1) is 12.2 Å². The van der Waals surface area contributed by atoms with Crippen molar-refractivity contribution in [3.8, 4) is 6.19 Å². The number of imidazole rings is 1. The Balaban J connectivity index is 1.57. The molecule has 0 spiro atoms. The highest BCUT2D eigenvalue weighted by molar-refractivity contribution is 5.91. The molecule has 0 saturated carbocycles. The van der Waals surface area contributed by atoms with E-state index in [-0.39, 0.29) is 11.8 Å². The number of carbonyl (C=O) groups excluding carboxylic acids is 1. The molecule has 1 aromatic heterocycles.